The van der Waals surface area contributed by atoms with Gasteiger partial charge in [-0.05, 0) is 12.1 Å². The van der Waals surface area contributed by atoms with E-state index in [-0.39, 0.29) is 57.6 Å². The van der Waals surface area contributed by atoms with E-state index in [1.807, 2.05) is 0 Å². The summed E-state index contributed by atoms with van der Waals surface area (Å²) in [6.45, 7) is 0. The van der Waals surface area contributed by atoms with E-state index >= 15 is 0 Å². The lowest BCUT2D eigenvalue weighted by Crippen LogP contribution is -2.24. The normalized spacial score (nSPS) is 10.4. The number of guanidine groups is 4. The van der Waals surface area contributed by atoms with Crippen LogP contribution in [0.2, 0.25) is 0 Å². The minimum absolute atomic E-state index is 0.00567. The average Bonchev–Trinajstić information content (AvgIpc) is 2.64. The second-order valence-electron chi connectivity index (χ2n) is 5.95. The predicted octanol–water partition coefficient (Wildman–Crippen LogP) is -1.60. The number of nitrogens with two attached hydrogens (primary N) is 8. The van der Waals surface area contributed by atoms with Gasteiger partial charge in [0, 0.05) is 0 Å². The Morgan fingerprint density at radius 2 is 0.800 bits per heavy atom. The van der Waals surface area contributed by atoms with Gasteiger partial charge in [-0.3, -0.25) is 0 Å². The zero-order valence-corrected chi connectivity index (χ0v) is 15.6. The van der Waals surface area contributed by atoms with Gasteiger partial charge in [-0.1, -0.05) is 12.1 Å². The lowest BCUT2D eigenvalue weighted by molar-refractivity contribution is 1.30. The summed E-state index contributed by atoms with van der Waals surface area (Å²) in [5.41, 5.74) is 46.5. The van der Waals surface area contributed by atoms with Gasteiger partial charge in [-0.2, -0.15) is 0 Å². The van der Waals surface area contributed by atoms with Gasteiger partial charge < -0.3 is 45.9 Å². The lowest BCUT2D eigenvalue weighted by Gasteiger charge is -2.14. The van der Waals surface area contributed by atoms with Crippen molar-refractivity contribution < 1.29 is 0 Å². The molecule has 3 rings (SSSR count). The number of hydrogen-bond acceptors (Lipinski definition) is 6. The van der Waals surface area contributed by atoms with E-state index in [1.165, 1.54) is 0 Å². The van der Waals surface area contributed by atoms with Crippen LogP contribution in [-0.4, -0.2) is 33.8 Å². The Kier molecular flexibility index (Phi) is 5.05. The maximum atomic E-state index is 5.61. The molecule has 0 bridgehead atoms. The van der Waals surface area contributed by atoms with Crippen molar-refractivity contribution in [3.63, 3.8) is 0 Å². The molecule has 1 heterocycles. The first-order valence-electron chi connectivity index (χ1n) is 8.32. The van der Waals surface area contributed by atoms with Gasteiger partial charge in [-0.15, -0.1) is 0 Å². The van der Waals surface area contributed by atoms with E-state index in [2.05, 4.69) is 29.9 Å². The lowest BCUT2D eigenvalue weighted by atomic mass is 10.1. The summed E-state index contributed by atoms with van der Waals surface area (Å²) in [4.78, 5) is 25.6. The minimum Gasteiger partial charge on any atom is -0.370 e. The van der Waals surface area contributed by atoms with Crippen LogP contribution < -0.4 is 45.9 Å². The largest absolute Gasteiger partial charge is 0.370 e. The van der Waals surface area contributed by atoms with E-state index in [9.17, 15) is 0 Å². The third kappa shape index (κ3) is 3.86. The summed E-state index contributed by atoms with van der Waals surface area (Å²) in [5.74, 6) is -1.22. The molecular formula is C16H20N14. The highest BCUT2D eigenvalue weighted by molar-refractivity contribution is 6.12. The van der Waals surface area contributed by atoms with E-state index in [4.69, 9.17) is 45.9 Å². The van der Waals surface area contributed by atoms with Crippen LogP contribution in [0.5, 0.6) is 0 Å². The van der Waals surface area contributed by atoms with Crippen molar-refractivity contribution in [3.05, 3.63) is 24.3 Å². The molecule has 1 aromatic heterocycles. The van der Waals surface area contributed by atoms with Crippen molar-refractivity contribution in [1.82, 2.24) is 9.97 Å². The molecule has 2 aromatic carbocycles. The summed E-state index contributed by atoms with van der Waals surface area (Å²) in [6.07, 6.45) is 0. The molecule has 0 aliphatic carbocycles. The molecule has 30 heavy (non-hydrogen) atoms. The number of aromatic nitrogens is 2. The number of para-hydroxylation sites is 2. The molecule has 0 unspecified atom stereocenters. The maximum absolute atomic E-state index is 5.61. The fourth-order valence-electron chi connectivity index (χ4n) is 2.72. The van der Waals surface area contributed by atoms with Gasteiger partial charge in [0.2, 0.25) is 0 Å². The fraction of sp³-hybridized carbons (Fsp3) is 0. The standard InChI is InChI=1S/C16H20N14/c17-13(18)27-9-7-8(26-6-4-2-1-3-5(6)25-7)10(28-14(19)20)12(30-16(23)24)11(9)29-15(21)22/h1-4H,(H4,17,18,27)(H4,19,20,28)(H4,21,22,29)(H4,23,24,30). The Bertz CT molecular complexity index is 1160. The third-order valence-electron chi connectivity index (χ3n) is 3.66. The highest BCUT2D eigenvalue weighted by Crippen LogP contribution is 2.50. The van der Waals surface area contributed by atoms with Gasteiger partial charge in [0.25, 0.3) is 0 Å². The van der Waals surface area contributed by atoms with Crippen molar-refractivity contribution in [1.29, 1.82) is 0 Å². The molecular weight excluding hydrogens is 388 g/mol. The highest BCUT2D eigenvalue weighted by Gasteiger charge is 2.23. The Balaban J connectivity index is 2.71. The Morgan fingerprint density at radius 1 is 0.500 bits per heavy atom. The zero-order chi connectivity index (χ0) is 22.0. The predicted molar refractivity (Wildman–Crippen MR) is 119 cm³/mol. The molecule has 0 aliphatic rings. The molecule has 0 amide bonds. The zero-order valence-electron chi connectivity index (χ0n) is 15.6. The second kappa shape index (κ2) is 7.63. The van der Waals surface area contributed by atoms with Crippen LogP contribution in [-0.2, 0) is 0 Å². The average molecular weight is 408 g/mol. The van der Waals surface area contributed by atoms with Crippen molar-refractivity contribution >= 4 is 68.7 Å². The summed E-state index contributed by atoms with van der Waals surface area (Å²) >= 11 is 0. The van der Waals surface area contributed by atoms with Crippen LogP contribution in [0, 0.1) is 0 Å². The first-order chi connectivity index (χ1) is 14.2. The molecule has 14 heteroatoms. The molecule has 16 N–H and O–H groups in total. The first kappa shape index (κ1) is 19.9. The quantitative estimate of drug-likeness (QED) is 0.139. The number of benzene rings is 2. The summed E-state index contributed by atoms with van der Waals surface area (Å²) < 4.78 is 0. The summed E-state index contributed by atoms with van der Waals surface area (Å²) in [5, 5.41) is 0. The number of nitrogens with zero attached hydrogens (tertiary/aromatic N) is 6. The van der Waals surface area contributed by atoms with Crippen LogP contribution in [0.3, 0.4) is 0 Å². The number of fused-ring (bicyclic) bond motifs is 2. The minimum atomic E-state index is -0.321. The van der Waals surface area contributed by atoms with Gasteiger partial charge in [-0.25, -0.2) is 29.9 Å². The topological polar surface area (TPSA) is 283 Å². The monoisotopic (exact) mass is 408 g/mol. The molecule has 0 spiro atoms. The Morgan fingerprint density at radius 3 is 1.10 bits per heavy atom. The molecule has 0 saturated heterocycles. The maximum Gasteiger partial charge on any atom is 0.191 e. The van der Waals surface area contributed by atoms with Gasteiger partial charge in [0.1, 0.15) is 33.8 Å². The number of rotatable bonds is 4. The molecule has 14 nitrogen and oxygen atoms in total. The summed E-state index contributed by atoms with van der Waals surface area (Å²) in [7, 11) is 0. The molecule has 154 valence electrons. The van der Waals surface area contributed by atoms with Crippen molar-refractivity contribution in [2.45, 2.75) is 0 Å². The van der Waals surface area contributed by atoms with Crippen molar-refractivity contribution in [3.8, 4) is 0 Å². The Labute approximate surface area is 169 Å². The van der Waals surface area contributed by atoms with Crippen LogP contribution in [0.25, 0.3) is 22.1 Å². The van der Waals surface area contributed by atoms with E-state index in [1.54, 1.807) is 24.3 Å². The van der Waals surface area contributed by atoms with Crippen LogP contribution >= 0.6 is 0 Å². The highest BCUT2D eigenvalue weighted by atomic mass is 15.1. The Hall–Kier alpha value is -4.88. The van der Waals surface area contributed by atoms with E-state index in [0.717, 1.165) is 0 Å². The van der Waals surface area contributed by atoms with Crippen molar-refractivity contribution in [2.75, 3.05) is 0 Å². The molecule has 0 aliphatic heterocycles. The van der Waals surface area contributed by atoms with E-state index < -0.39 is 0 Å². The van der Waals surface area contributed by atoms with Crippen LogP contribution in [0.1, 0.15) is 0 Å². The number of aliphatic imine (C=N–C) groups is 4. The molecule has 3 aromatic rings. The first-order valence-corrected chi connectivity index (χ1v) is 8.32. The smallest absolute Gasteiger partial charge is 0.191 e. The van der Waals surface area contributed by atoms with Crippen molar-refractivity contribution in [2.24, 2.45) is 65.8 Å². The molecule has 0 atom stereocenters. The SMILES string of the molecule is NC(N)=Nc1c(N=C(N)N)c(N=C(N)N)c2nc3ccccc3nc2c1N=C(N)N. The second-order valence-corrected chi connectivity index (χ2v) is 5.95. The van der Waals surface area contributed by atoms with Crippen LogP contribution in [0.4, 0.5) is 22.7 Å². The number of hydrogen-bond donors (Lipinski definition) is 8. The third-order valence-corrected chi connectivity index (χ3v) is 3.66. The summed E-state index contributed by atoms with van der Waals surface area (Å²) in [6, 6.07) is 7.10. The van der Waals surface area contributed by atoms with Gasteiger partial charge in [0.05, 0.1) is 11.0 Å². The fourth-order valence-corrected chi connectivity index (χ4v) is 2.72. The van der Waals surface area contributed by atoms with Crippen LogP contribution in [0.15, 0.2) is 44.2 Å². The molecule has 0 radical (unpaired) electrons. The van der Waals surface area contributed by atoms with E-state index in [0.29, 0.717) is 11.0 Å². The molecule has 0 fully saturated rings. The van der Waals surface area contributed by atoms with Gasteiger partial charge >= 0.3 is 0 Å². The van der Waals surface area contributed by atoms with Gasteiger partial charge in [0.15, 0.2) is 23.8 Å². The molecule has 0 saturated carbocycles.